The third-order valence-corrected chi connectivity index (χ3v) is 6.59. The van der Waals surface area contributed by atoms with Gasteiger partial charge in [0, 0.05) is 38.9 Å². The molecule has 2 aromatic rings. The molecule has 0 radical (unpaired) electrons. The van der Waals surface area contributed by atoms with Crippen LogP contribution in [0.25, 0.3) is 0 Å². The van der Waals surface area contributed by atoms with E-state index in [4.69, 9.17) is 23.2 Å². The molecule has 0 bridgehead atoms. The maximum atomic E-state index is 12.7. The smallest absolute Gasteiger partial charge is 0.244 e. The van der Waals surface area contributed by atoms with Crippen molar-refractivity contribution in [2.24, 2.45) is 0 Å². The molecule has 1 aliphatic rings. The SMILES string of the molecule is O=S(=O)(c1ccccc1Cl)N1CCN(Cc2ccnc(Cl)c2)CC1. The Morgan fingerprint density at radius 2 is 1.75 bits per heavy atom. The van der Waals surface area contributed by atoms with Crippen molar-refractivity contribution < 1.29 is 8.42 Å². The summed E-state index contributed by atoms with van der Waals surface area (Å²) < 4.78 is 26.9. The molecule has 5 nitrogen and oxygen atoms in total. The number of piperazine rings is 1. The minimum absolute atomic E-state index is 0.168. The third-order valence-electron chi connectivity index (χ3n) is 3.98. The number of benzene rings is 1. The first kappa shape index (κ1) is 17.6. The zero-order chi connectivity index (χ0) is 17.2. The van der Waals surface area contributed by atoms with Gasteiger partial charge in [-0.1, -0.05) is 35.3 Å². The summed E-state index contributed by atoms with van der Waals surface area (Å²) in [4.78, 5) is 6.33. The molecule has 0 unspecified atom stereocenters. The lowest BCUT2D eigenvalue weighted by Gasteiger charge is -2.34. The van der Waals surface area contributed by atoms with Gasteiger partial charge in [-0.05, 0) is 29.8 Å². The predicted molar refractivity (Wildman–Crippen MR) is 94.7 cm³/mol. The molecule has 0 saturated carbocycles. The lowest BCUT2D eigenvalue weighted by Crippen LogP contribution is -2.48. The van der Waals surface area contributed by atoms with Crippen LogP contribution in [0.1, 0.15) is 5.56 Å². The Morgan fingerprint density at radius 1 is 1.04 bits per heavy atom. The molecule has 0 amide bonds. The lowest BCUT2D eigenvalue weighted by molar-refractivity contribution is 0.181. The largest absolute Gasteiger partial charge is 0.296 e. The van der Waals surface area contributed by atoms with Crippen molar-refractivity contribution in [2.75, 3.05) is 26.2 Å². The molecule has 0 N–H and O–H groups in total. The Kier molecular flexibility index (Phi) is 5.42. The molecule has 0 spiro atoms. The summed E-state index contributed by atoms with van der Waals surface area (Å²) in [6.45, 7) is 2.91. The van der Waals surface area contributed by atoms with Gasteiger partial charge in [0.2, 0.25) is 10.0 Å². The van der Waals surface area contributed by atoms with E-state index < -0.39 is 10.0 Å². The van der Waals surface area contributed by atoms with Crippen LogP contribution < -0.4 is 0 Å². The highest BCUT2D eigenvalue weighted by Gasteiger charge is 2.29. The molecular formula is C16H17Cl2N3O2S. The minimum atomic E-state index is -3.55. The Labute approximate surface area is 151 Å². The van der Waals surface area contributed by atoms with E-state index in [9.17, 15) is 8.42 Å². The van der Waals surface area contributed by atoms with Gasteiger partial charge in [0.1, 0.15) is 10.0 Å². The second-order valence-electron chi connectivity index (χ2n) is 5.60. The summed E-state index contributed by atoms with van der Waals surface area (Å²) in [5, 5.41) is 0.721. The predicted octanol–water partition coefficient (Wildman–Crippen LogP) is 2.89. The van der Waals surface area contributed by atoms with Crippen LogP contribution in [0, 0.1) is 0 Å². The van der Waals surface area contributed by atoms with Crippen LogP contribution in [-0.2, 0) is 16.6 Å². The van der Waals surface area contributed by atoms with E-state index in [1.165, 1.54) is 4.31 Å². The molecule has 1 aromatic carbocycles. The number of pyridine rings is 1. The number of hydrogen-bond acceptors (Lipinski definition) is 4. The molecular weight excluding hydrogens is 369 g/mol. The molecule has 0 atom stereocenters. The van der Waals surface area contributed by atoms with Gasteiger partial charge in [-0.3, -0.25) is 4.90 Å². The molecule has 0 aliphatic carbocycles. The van der Waals surface area contributed by atoms with Crippen LogP contribution in [0.5, 0.6) is 0 Å². The van der Waals surface area contributed by atoms with Crippen molar-refractivity contribution in [1.29, 1.82) is 0 Å². The topological polar surface area (TPSA) is 53.5 Å². The van der Waals surface area contributed by atoms with Crippen LogP contribution in [0.3, 0.4) is 0 Å². The number of aromatic nitrogens is 1. The fourth-order valence-corrected chi connectivity index (χ4v) is 4.83. The second kappa shape index (κ2) is 7.37. The highest BCUT2D eigenvalue weighted by Crippen LogP contribution is 2.25. The van der Waals surface area contributed by atoms with Gasteiger partial charge in [-0.2, -0.15) is 4.31 Å². The van der Waals surface area contributed by atoms with E-state index in [0.29, 0.717) is 31.3 Å². The molecule has 1 aromatic heterocycles. The quantitative estimate of drug-likeness (QED) is 0.759. The Hall–Kier alpha value is -1.18. The van der Waals surface area contributed by atoms with Gasteiger partial charge in [0.25, 0.3) is 0 Å². The van der Waals surface area contributed by atoms with Gasteiger partial charge >= 0.3 is 0 Å². The first-order valence-corrected chi connectivity index (χ1v) is 9.74. The number of halogens is 2. The number of hydrogen-bond donors (Lipinski definition) is 0. The molecule has 3 rings (SSSR count). The molecule has 1 aliphatic heterocycles. The Morgan fingerprint density at radius 3 is 2.42 bits per heavy atom. The van der Waals surface area contributed by atoms with Gasteiger partial charge < -0.3 is 0 Å². The van der Waals surface area contributed by atoms with Crippen LogP contribution in [-0.4, -0.2) is 48.8 Å². The van der Waals surface area contributed by atoms with Crippen molar-refractivity contribution in [2.45, 2.75) is 11.4 Å². The lowest BCUT2D eigenvalue weighted by atomic mass is 10.2. The third kappa shape index (κ3) is 3.90. The van der Waals surface area contributed by atoms with Crippen molar-refractivity contribution in [3.05, 3.63) is 58.3 Å². The zero-order valence-electron chi connectivity index (χ0n) is 12.9. The van der Waals surface area contributed by atoms with Gasteiger partial charge in [-0.25, -0.2) is 13.4 Å². The summed E-state index contributed by atoms with van der Waals surface area (Å²) in [6, 6.07) is 10.3. The highest BCUT2D eigenvalue weighted by atomic mass is 35.5. The first-order chi connectivity index (χ1) is 11.5. The van der Waals surface area contributed by atoms with Crippen LogP contribution in [0.15, 0.2) is 47.5 Å². The van der Waals surface area contributed by atoms with Crippen LogP contribution in [0.2, 0.25) is 10.2 Å². The highest BCUT2D eigenvalue weighted by molar-refractivity contribution is 7.89. The number of sulfonamides is 1. The molecule has 1 fully saturated rings. The van der Waals surface area contributed by atoms with Gasteiger partial charge in [0.15, 0.2) is 0 Å². The van der Waals surface area contributed by atoms with E-state index >= 15 is 0 Å². The monoisotopic (exact) mass is 385 g/mol. The second-order valence-corrected chi connectivity index (χ2v) is 8.30. The van der Waals surface area contributed by atoms with E-state index in [1.54, 1.807) is 30.5 Å². The number of rotatable bonds is 4. The summed E-state index contributed by atoms with van der Waals surface area (Å²) in [7, 11) is -3.55. The Balaban J connectivity index is 1.66. The number of nitrogens with zero attached hydrogens (tertiary/aromatic N) is 3. The normalized spacial score (nSPS) is 17.1. The molecule has 24 heavy (non-hydrogen) atoms. The van der Waals surface area contributed by atoms with E-state index in [0.717, 1.165) is 12.1 Å². The molecule has 128 valence electrons. The molecule has 8 heteroatoms. The molecule has 1 saturated heterocycles. The summed E-state index contributed by atoms with van der Waals surface area (Å²) in [6.07, 6.45) is 1.68. The summed E-state index contributed by atoms with van der Waals surface area (Å²) in [5.41, 5.74) is 1.07. The first-order valence-electron chi connectivity index (χ1n) is 7.54. The van der Waals surface area contributed by atoms with Gasteiger partial charge in [-0.15, -0.1) is 0 Å². The minimum Gasteiger partial charge on any atom is -0.296 e. The standard InChI is InChI=1S/C16H17Cl2N3O2S/c17-14-3-1-2-4-15(14)24(22,23)21-9-7-20(8-10-21)12-13-5-6-19-16(18)11-13/h1-6,11H,7-10,12H2. The Bertz CT molecular complexity index is 822. The van der Waals surface area contributed by atoms with E-state index in [2.05, 4.69) is 9.88 Å². The zero-order valence-corrected chi connectivity index (χ0v) is 15.2. The average Bonchev–Trinajstić information content (AvgIpc) is 2.55. The van der Waals surface area contributed by atoms with E-state index in [1.807, 2.05) is 12.1 Å². The maximum absolute atomic E-state index is 12.7. The fourth-order valence-electron chi connectivity index (χ4n) is 2.72. The van der Waals surface area contributed by atoms with E-state index in [-0.39, 0.29) is 9.92 Å². The summed E-state index contributed by atoms with van der Waals surface area (Å²) >= 11 is 11.9. The molecule has 2 heterocycles. The maximum Gasteiger partial charge on any atom is 0.244 e. The van der Waals surface area contributed by atoms with Gasteiger partial charge in [0.05, 0.1) is 5.02 Å². The fraction of sp³-hybridized carbons (Fsp3) is 0.312. The van der Waals surface area contributed by atoms with Crippen molar-refractivity contribution in [3.8, 4) is 0 Å². The van der Waals surface area contributed by atoms with Crippen LogP contribution >= 0.6 is 23.2 Å². The van der Waals surface area contributed by atoms with Crippen molar-refractivity contribution in [3.63, 3.8) is 0 Å². The van der Waals surface area contributed by atoms with Crippen molar-refractivity contribution in [1.82, 2.24) is 14.2 Å². The summed E-state index contributed by atoms with van der Waals surface area (Å²) in [5.74, 6) is 0. The average molecular weight is 386 g/mol. The van der Waals surface area contributed by atoms with Crippen molar-refractivity contribution >= 4 is 33.2 Å². The van der Waals surface area contributed by atoms with Crippen LogP contribution in [0.4, 0.5) is 0 Å².